The van der Waals surface area contributed by atoms with Gasteiger partial charge in [-0.15, -0.1) is 0 Å². The number of hydrogen-bond donors (Lipinski definition) is 0. The molecule has 0 unspecified atom stereocenters. The predicted octanol–water partition coefficient (Wildman–Crippen LogP) is 3.42. The number of ether oxygens (including phenoxy) is 2. The van der Waals surface area contributed by atoms with Gasteiger partial charge in [-0.2, -0.15) is 0 Å². The van der Waals surface area contributed by atoms with Crippen molar-refractivity contribution >= 4 is 0 Å². The Hall–Kier alpha value is -1.52. The fraction of sp³-hybridized carbons (Fsp3) is 0.636. The Kier molecular flexibility index (Phi) is 5.51. The minimum absolute atomic E-state index is 0.663. The molecule has 1 saturated heterocycles. The van der Waals surface area contributed by atoms with E-state index < -0.39 is 0 Å². The summed E-state index contributed by atoms with van der Waals surface area (Å²) in [6, 6.07) is 6.32. The van der Waals surface area contributed by atoms with Gasteiger partial charge >= 0.3 is 0 Å². The van der Waals surface area contributed by atoms with Gasteiger partial charge in [0.05, 0.1) is 13.7 Å². The highest BCUT2D eigenvalue weighted by Crippen LogP contribution is 2.43. The van der Waals surface area contributed by atoms with Crippen LogP contribution in [-0.4, -0.2) is 56.2 Å². The average molecular weight is 357 g/mol. The fourth-order valence-electron chi connectivity index (χ4n) is 4.91. The lowest BCUT2D eigenvalue weighted by Gasteiger charge is -2.37. The van der Waals surface area contributed by atoms with Gasteiger partial charge in [-0.25, -0.2) is 0 Å². The maximum absolute atomic E-state index is 5.72. The molecule has 1 saturated carbocycles. The van der Waals surface area contributed by atoms with E-state index in [1.165, 1.54) is 38.0 Å². The van der Waals surface area contributed by atoms with E-state index in [1.807, 2.05) is 13.0 Å². The fourth-order valence-corrected chi connectivity index (χ4v) is 4.91. The van der Waals surface area contributed by atoms with Gasteiger partial charge in [-0.05, 0) is 55.2 Å². The Labute approximate surface area is 157 Å². The Bertz CT molecular complexity index is 637. The average Bonchev–Trinajstić information content (AvgIpc) is 3.27. The summed E-state index contributed by atoms with van der Waals surface area (Å²) in [7, 11) is 1.70. The van der Waals surface area contributed by atoms with E-state index in [-0.39, 0.29) is 0 Å². The molecule has 1 aliphatic heterocycles. The molecule has 2 aliphatic carbocycles. The first-order chi connectivity index (χ1) is 12.7. The van der Waals surface area contributed by atoms with E-state index in [2.05, 4.69) is 34.1 Å². The van der Waals surface area contributed by atoms with E-state index in [0.717, 1.165) is 48.9 Å². The third kappa shape index (κ3) is 3.91. The van der Waals surface area contributed by atoms with Gasteiger partial charge < -0.3 is 14.4 Å². The van der Waals surface area contributed by atoms with Crippen molar-refractivity contribution in [3.8, 4) is 11.5 Å². The molecule has 0 spiro atoms. The minimum Gasteiger partial charge on any atom is -0.493 e. The SMILES string of the molecule is CCOc1cc(CN2CCN(C[C@@H]3C[C@@H]4C=C[C@H]3C4)CC2)ccc1OC. The van der Waals surface area contributed by atoms with E-state index in [1.54, 1.807) is 7.11 Å². The number of methoxy groups -OCH3 is 1. The van der Waals surface area contributed by atoms with Gasteiger partial charge in [-0.3, -0.25) is 4.90 Å². The number of nitrogens with zero attached hydrogens (tertiary/aromatic N) is 2. The predicted molar refractivity (Wildman–Crippen MR) is 105 cm³/mol. The number of allylic oxidation sites excluding steroid dienone is 2. The van der Waals surface area contributed by atoms with E-state index >= 15 is 0 Å². The maximum atomic E-state index is 5.72. The van der Waals surface area contributed by atoms with Crippen molar-refractivity contribution < 1.29 is 9.47 Å². The molecule has 1 heterocycles. The molecule has 0 radical (unpaired) electrons. The van der Waals surface area contributed by atoms with Crippen LogP contribution in [-0.2, 0) is 6.54 Å². The van der Waals surface area contributed by atoms with Crippen LogP contribution < -0.4 is 9.47 Å². The zero-order valence-corrected chi connectivity index (χ0v) is 16.2. The van der Waals surface area contributed by atoms with Crippen molar-refractivity contribution in [2.75, 3.05) is 46.4 Å². The molecule has 3 atom stereocenters. The zero-order valence-electron chi connectivity index (χ0n) is 16.2. The monoisotopic (exact) mass is 356 g/mol. The van der Waals surface area contributed by atoms with E-state index in [9.17, 15) is 0 Å². The highest BCUT2D eigenvalue weighted by molar-refractivity contribution is 5.43. The summed E-state index contributed by atoms with van der Waals surface area (Å²) in [5, 5.41) is 0. The number of rotatable bonds is 7. The second-order valence-electron chi connectivity index (χ2n) is 8.04. The second-order valence-corrected chi connectivity index (χ2v) is 8.04. The number of piperazine rings is 1. The Morgan fingerprint density at radius 1 is 1.00 bits per heavy atom. The molecule has 2 fully saturated rings. The number of fused-ring (bicyclic) bond motifs is 2. The summed E-state index contributed by atoms with van der Waals surface area (Å²) in [5.41, 5.74) is 1.31. The van der Waals surface area contributed by atoms with Gasteiger partial charge in [0.1, 0.15) is 0 Å². The van der Waals surface area contributed by atoms with Gasteiger partial charge in [0.25, 0.3) is 0 Å². The van der Waals surface area contributed by atoms with Crippen LogP contribution in [0.3, 0.4) is 0 Å². The molecular weight excluding hydrogens is 324 g/mol. The van der Waals surface area contributed by atoms with Gasteiger partial charge in [0, 0.05) is 39.3 Å². The first-order valence-corrected chi connectivity index (χ1v) is 10.2. The molecule has 0 N–H and O–H groups in total. The highest BCUT2D eigenvalue weighted by atomic mass is 16.5. The normalized spacial score (nSPS) is 28.6. The molecule has 0 amide bonds. The molecule has 3 aliphatic rings. The number of benzene rings is 1. The minimum atomic E-state index is 0.663. The van der Waals surface area contributed by atoms with E-state index in [4.69, 9.17) is 9.47 Å². The van der Waals surface area contributed by atoms with Crippen molar-refractivity contribution in [1.82, 2.24) is 9.80 Å². The zero-order chi connectivity index (χ0) is 17.9. The van der Waals surface area contributed by atoms with Crippen LogP contribution >= 0.6 is 0 Å². The van der Waals surface area contributed by atoms with Crippen LogP contribution in [0, 0.1) is 17.8 Å². The second kappa shape index (κ2) is 8.01. The molecular formula is C22H32N2O2. The molecule has 26 heavy (non-hydrogen) atoms. The first-order valence-electron chi connectivity index (χ1n) is 10.2. The summed E-state index contributed by atoms with van der Waals surface area (Å²) in [4.78, 5) is 5.25. The molecule has 0 aromatic heterocycles. The van der Waals surface area contributed by atoms with Crippen LogP contribution in [0.1, 0.15) is 25.3 Å². The Morgan fingerprint density at radius 2 is 1.81 bits per heavy atom. The summed E-state index contributed by atoms with van der Waals surface area (Å²) in [6.45, 7) is 9.69. The van der Waals surface area contributed by atoms with Gasteiger partial charge in [-0.1, -0.05) is 18.2 Å². The molecule has 4 nitrogen and oxygen atoms in total. The Balaban J connectivity index is 1.27. The van der Waals surface area contributed by atoms with Crippen molar-refractivity contribution in [2.24, 2.45) is 17.8 Å². The van der Waals surface area contributed by atoms with Crippen molar-refractivity contribution in [2.45, 2.75) is 26.3 Å². The maximum Gasteiger partial charge on any atom is 0.161 e. The van der Waals surface area contributed by atoms with Gasteiger partial charge in [0.15, 0.2) is 11.5 Å². The molecule has 1 aromatic carbocycles. The molecule has 4 rings (SSSR count). The van der Waals surface area contributed by atoms with Crippen LogP contribution in [0.25, 0.3) is 0 Å². The third-order valence-electron chi connectivity index (χ3n) is 6.31. The summed E-state index contributed by atoms with van der Waals surface area (Å²) in [5.74, 6) is 4.35. The van der Waals surface area contributed by atoms with Crippen molar-refractivity contribution in [3.05, 3.63) is 35.9 Å². The highest BCUT2D eigenvalue weighted by Gasteiger charge is 2.36. The lowest BCUT2D eigenvalue weighted by Crippen LogP contribution is -2.47. The van der Waals surface area contributed by atoms with Crippen molar-refractivity contribution in [3.63, 3.8) is 0 Å². The summed E-state index contributed by atoms with van der Waals surface area (Å²) >= 11 is 0. The van der Waals surface area contributed by atoms with Crippen LogP contribution in [0.2, 0.25) is 0 Å². The van der Waals surface area contributed by atoms with E-state index in [0.29, 0.717) is 6.61 Å². The first kappa shape index (κ1) is 17.9. The molecule has 1 aromatic rings. The summed E-state index contributed by atoms with van der Waals surface area (Å²) < 4.78 is 11.1. The van der Waals surface area contributed by atoms with Crippen LogP contribution in [0.4, 0.5) is 0 Å². The van der Waals surface area contributed by atoms with Gasteiger partial charge in [0.2, 0.25) is 0 Å². The topological polar surface area (TPSA) is 24.9 Å². The van der Waals surface area contributed by atoms with Crippen molar-refractivity contribution in [1.29, 1.82) is 0 Å². The summed E-state index contributed by atoms with van der Waals surface area (Å²) in [6.07, 6.45) is 7.77. The third-order valence-corrected chi connectivity index (χ3v) is 6.31. The molecule has 4 heteroatoms. The number of hydrogen-bond acceptors (Lipinski definition) is 4. The smallest absolute Gasteiger partial charge is 0.161 e. The quantitative estimate of drug-likeness (QED) is 0.699. The lowest BCUT2D eigenvalue weighted by atomic mass is 9.93. The molecule has 142 valence electrons. The van der Waals surface area contributed by atoms with Crippen LogP contribution in [0.15, 0.2) is 30.4 Å². The van der Waals surface area contributed by atoms with Crippen LogP contribution in [0.5, 0.6) is 11.5 Å². The lowest BCUT2D eigenvalue weighted by molar-refractivity contribution is 0.108. The standard InChI is InChI=1S/C22H32N2O2/c1-3-26-22-14-18(5-7-21(22)25-2)15-23-8-10-24(11-9-23)16-20-13-17-4-6-19(20)12-17/h4-7,14,17,19-20H,3,8-13,15-16H2,1-2H3/t17-,19+,20+/m1/s1. The Morgan fingerprint density at radius 3 is 2.46 bits per heavy atom. The largest absolute Gasteiger partial charge is 0.493 e. The molecule has 2 bridgehead atoms.